The number of hydrogen-bond acceptors (Lipinski definition) is 6. The SMILES string of the molecule is COC(=O)NS(=O)(=O)N1CCOC(C#N)C1. The second-order valence-corrected chi connectivity index (χ2v) is 4.62. The lowest BCUT2D eigenvalue weighted by molar-refractivity contribution is 0.0307. The number of carbonyl (C=O) groups excluding carboxylic acids is 1. The minimum Gasteiger partial charge on any atom is -0.452 e. The van der Waals surface area contributed by atoms with Crippen LogP contribution in [0.2, 0.25) is 0 Å². The van der Waals surface area contributed by atoms with E-state index in [1.165, 1.54) is 0 Å². The third-order valence-corrected chi connectivity index (χ3v) is 3.35. The van der Waals surface area contributed by atoms with Crippen LogP contribution < -0.4 is 4.72 Å². The highest BCUT2D eigenvalue weighted by molar-refractivity contribution is 7.87. The van der Waals surface area contributed by atoms with Crippen molar-refractivity contribution in [2.45, 2.75) is 6.10 Å². The molecule has 1 amide bonds. The molecule has 1 aliphatic rings. The number of nitriles is 1. The van der Waals surface area contributed by atoms with Gasteiger partial charge in [-0.25, -0.2) is 9.52 Å². The van der Waals surface area contributed by atoms with Gasteiger partial charge in [-0.15, -0.1) is 0 Å². The molecule has 1 fully saturated rings. The summed E-state index contributed by atoms with van der Waals surface area (Å²) in [7, 11) is -2.90. The maximum absolute atomic E-state index is 11.6. The van der Waals surface area contributed by atoms with Crippen molar-refractivity contribution in [1.29, 1.82) is 5.26 Å². The van der Waals surface area contributed by atoms with E-state index in [0.717, 1.165) is 11.4 Å². The maximum Gasteiger partial charge on any atom is 0.421 e. The molecule has 1 saturated heterocycles. The summed E-state index contributed by atoms with van der Waals surface area (Å²) >= 11 is 0. The summed E-state index contributed by atoms with van der Waals surface area (Å²) < 4.78 is 34.9. The van der Waals surface area contributed by atoms with E-state index in [9.17, 15) is 13.2 Å². The molecule has 0 aromatic rings. The highest BCUT2D eigenvalue weighted by Crippen LogP contribution is 2.08. The van der Waals surface area contributed by atoms with E-state index >= 15 is 0 Å². The molecule has 1 heterocycles. The van der Waals surface area contributed by atoms with Crippen LogP contribution in [0, 0.1) is 11.3 Å². The number of morpholine rings is 1. The zero-order chi connectivity index (χ0) is 12.2. The Morgan fingerprint density at radius 2 is 2.38 bits per heavy atom. The normalized spacial score (nSPS) is 22.1. The molecule has 0 saturated carbocycles. The van der Waals surface area contributed by atoms with E-state index in [4.69, 9.17) is 10.00 Å². The number of methoxy groups -OCH3 is 1. The van der Waals surface area contributed by atoms with Crippen molar-refractivity contribution in [3.05, 3.63) is 0 Å². The van der Waals surface area contributed by atoms with Crippen molar-refractivity contribution in [2.24, 2.45) is 0 Å². The quantitative estimate of drug-likeness (QED) is 0.659. The lowest BCUT2D eigenvalue weighted by Gasteiger charge is -2.28. The minimum atomic E-state index is -3.96. The number of carbonyl (C=O) groups is 1. The van der Waals surface area contributed by atoms with Gasteiger partial charge in [0.25, 0.3) is 0 Å². The number of hydrogen-bond donors (Lipinski definition) is 1. The third-order valence-electron chi connectivity index (χ3n) is 1.91. The molecule has 0 spiro atoms. The van der Waals surface area contributed by atoms with Gasteiger partial charge in [0.15, 0.2) is 6.10 Å². The van der Waals surface area contributed by atoms with E-state index in [1.54, 1.807) is 10.8 Å². The maximum atomic E-state index is 11.6. The minimum absolute atomic E-state index is 0.0878. The molecule has 1 aliphatic heterocycles. The van der Waals surface area contributed by atoms with Gasteiger partial charge in [-0.3, -0.25) is 0 Å². The third kappa shape index (κ3) is 3.06. The first-order valence-electron chi connectivity index (χ1n) is 4.36. The second-order valence-electron chi connectivity index (χ2n) is 2.95. The Hall–Kier alpha value is -1.37. The van der Waals surface area contributed by atoms with Crippen LogP contribution in [0.15, 0.2) is 0 Å². The summed E-state index contributed by atoms with van der Waals surface area (Å²) in [6.45, 7) is 0.0909. The van der Waals surface area contributed by atoms with Gasteiger partial charge < -0.3 is 9.47 Å². The Morgan fingerprint density at radius 1 is 1.69 bits per heavy atom. The van der Waals surface area contributed by atoms with E-state index < -0.39 is 22.4 Å². The Bertz CT molecular complexity index is 401. The van der Waals surface area contributed by atoms with Gasteiger partial charge in [-0.1, -0.05) is 0 Å². The summed E-state index contributed by atoms with van der Waals surface area (Å²) in [6.07, 6.45) is -1.89. The first-order chi connectivity index (χ1) is 7.49. The predicted octanol–water partition coefficient (Wildman–Crippen LogP) is -1.19. The van der Waals surface area contributed by atoms with Crippen molar-refractivity contribution >= 4 is 16.3 Å². The van der Waals surface area contributed by atoms with Gasteiger partial charge in [0.2, 0.25) is 0 Å². The Morgan fingerprint density at radius 3 is 2.94 bits per heavy atom. The van der Waals surface area contributed by atoms with Gasteiger partial charge in [0, 0.05) is 6.54 Å². The zero-order valence-corrected chi connectivity index (χ0v) is 9.36. The molecular formula is C7H11N3O5S. The van der Waals surface area contributed by atoms with E-state index in [0.29, 0.717) is 0 Å². The molecule has 0 aliphatic carbocycles. The number of ether oxygens (including phenoxy) is 2. The van der Waals surface area contributed by atoms with Crippen molar-refractivity contribution < 1.29 is 22.7 Å². The van der Waals surface area contributed by atoms with Crippen LogP contribution in [0.3, 0.4) is 0 Å². The average molecular weight is 249 g/mol. The van der Waals surface area contributed by atoms with Gasteiger partial charge in [-0.2, -0.15) is 18.0 Å². The molecule has 1 N–H and O–H groups in total. The summed E-state index contributed by atoms with van der Waals surface area (Å²) in [5.41, 5.74) is 0. The van der Waals surface area contributed by atoms with Gasteiger partial charge in [-0.05, 0) is 0 Å². The standard InChI is InChI=1S/C7H11N3O5S/c1-14-7(11)9-16(12,13)10-2-3-15-6(4-8)5-10/h6H,2-3,5H2,1H3,(H,9,11). The summed E-state index contributed by atoms with van der Waals surface area (Å²) in [5.74, 6) is 0. The molecule has 1 unspecified atom stereocenters. The lowest BCUT2D eigenvalue weighted by atomic mass is 10.3. The largest absolute Gasteiger partial charge is 0.452 e. The van der Waals surface area contributed by atoms with Gasteiger partial charge in [0.1, 0.15) is 0 Å². The molecule has 16 heavy (non-hydrogen) atoms. The monoisotopic (exact) mass is 249 g/mol. The second kappa shape index (κ2) is 5.11. The van der Waals surface area contributed by atoms with Gasteiger partial charge >= 0.3 is 16.3 Å². The van der Waals surface area contributed by atoms with Crippen LogP contribution >= 0.6 is 0 Å². The fraction of sp³-hybridized carbons (Fsp3) is 0.714. The van der Waals surface area contributed by atoms with Crippen LogP contribution in [0.1, 0.15) is 0 Å². The van der Waals surface area contributed by atoms with Crippen molar-refractivity contribution in [3.63, 3.8) is 0 Å². The average Bonchev–Trinajstić information content (AvgIpc) is 2.28. The zero-order valence-electron chi connectivity index (χ0n) is 8.54. The molecule has 0 aromatic heterocycles. The Kier molecular flexibility index (Phi) is 4.05. The Labute approximate surface area is 92.9 Å². The summed E-state index contributed by atoms with van der Waals surface area (Å²) in [6, 6.07) is 1.80. The molecule has 0 aromatic carbocycles. The summed E-state index contributed by atoms with van der Waals surface area (Å²) in [5, 5.41) is 8.59. The molecule has 0 radical (unpaired) electrons. The first kappa shape index (κ1) is 12.7. The van der Waals surface area contributed by atoms with Crippen LogP contribution in [-0.2, 0) is 19.7 Å². The Balaban J connectivity index is 2.69. The molecule has 0 bridgehead atoms. The molecule has 90 valence electrons. The molecular weight excluding hydrogens is 238 g/mol. The summed E-state index contributed by atoms with van der Waals surface area (Å²) in [4.78, 5) is 10.8. The van der Waals surface area contributed by atoms with Crippen molar-refractivity contribution in [3.8, 4) is 6.07 Å². The van der Waals surface area contributed by atoms with E-state index in [1.807, 2.05) is 0 Å². The molecule has 8 nitrogen and oxygen atoms in total. The van der Waals surface area contributed by atoms with Crippen molar-refractivity contribution in [2.75, 3.05) is 26.8 Å². The van der Waals surface area contributed by atoms with Crippen LogP contribution in [0.5, 0.6) is 0 Å². The highest BCUT2D eigenvalue weighted by atomic mass is 32.2. The predicted molar refractivity (Wildman–Crippen MR) is 51.4 cm³/mol. The van der Waals surface area contributed by atoms with Crippen LogP contribution in [0.25, 0.3) is 0 Å². The fourth-order valence-corrected chi connectivity index (χ4v) is 2.20. The topological polar surface area (TPSA) is 109 Å². The van der Waals surface area contributed by atoms with E-state index in [2.05, 4.69) is 4.74 Å². The van der Waals surface area contributed by atoms with E-state index in [-0.39, 0.29) is 19.7 Å². The number of rotatable bonds is 2. The number of nitrogens with one attached hydrogen (secondary N) is 1. The first-order valence-corrected chi connectivity index (χ1v) is 5.80. The molecule has 1 rings (SSSR count). The fourth-order valence-electron chi connectivity index (χ4n) is 1.13. The van der Waals surface area contributed by atoms with Gasteiger partial charge in [0.05, 0.1) is 26.3 Å². The lowest BCUT2D eigenvalue weighted by Crippen LogP contribution is -2.50. The highest BCUT2D eigenvalue weighted by Gasteiger charge is 2.30. The smallest absolute Gasteiger partial charge is 0.421 e. The number of nitrogens with zero attached hydrogens (tertiary/aromatic N) is 2. The molecule has 9 heteroatoms. The molecule has 1 atom stereocenters. The van der Waals surface area contributed by atoms with Crippen LogP contribution in [0.4, 0.5) is 4.79 Å². The number of amides is 1. The van der Waals surface area contributed by atoms with Crippen LogP contribution in [-0.4, -0.2) is 51.7 Å². The van der Waals surface area contributed by atoms with Crippen molar-refractivity contribution in [1.82, 2.24) is 9.03 Å².